The average Bonchev–Trinajstić information content (AvgIpc) is 3.01. The molecule has 0 atom stereocenters. The summed E-state index contributed by atoms with van der Waals surface area (Å²) in [5, 5.41) is 12.6. The molecule has 0 aliphatic carbocycles. The lowest BCUT2D eigenvalue weighted by Gasteiger charge is -2.16. The molecule has 0 radical (unpaired) electrons. The number of anilines is 1. The highest BCUT2D eigenvalue weighted by atomic mass is 16.5. The van der Waals surface area contributed by atoms with E-state index < -0.39 is 12.6 Å². The lowest BCUT2D eigenvalue weighted by atomic mass is 10.2. The lowest BCUT2D eigenvalue weighted by molar-refractivity contribution is -0.139. The number of ether oxygens (including phenoxy) is 1. The number of hydrogen-bond acceptors (Lipinski definition) is 4. The van der Waals surface area contributed by atoms with E-state index in [1.165, 1.54) is 11.1 Å². The molecule has 116 valence electrons. The van der Waals surface area contributed by atoms with Gasteiger partial charge in [-0.1, -0.05) is 0 Å². The quantitative estimate of drug-likeness (QED) is 0.877. The van der Waals surface area contributed by atoms with Crippen molar-refractivity contribution in [1.82, 2.24) is 9.78 Å². The van der Waals surface area contributed by atoms with E-state index in [-0.39, 0.29) is 5.91 Å². The highest BCUT2D eigenvalue weighted by Gasteiger charge is 2.15. The highest BCUT2D eigenvalue weighted by Crippen LogP contribution is 2.20. The number of aromatic nitrogens is 2. The Morgan fingerprint density at radius 2 is 2.00 bits per heavy atom. The van der Waals surface area contributed by atoms with Gasteiger partial charge in [0.1, 0.15) is 5.75 Å². The number of aliphatic carboxylic acids is 1. The fraction of sp³-hybridized carbons (Fsp3) is 0.267. The van der Waals surface area contributed by atoms with Gasteiger partial charge in [-0.3, -0.25) is 9.48 Å². The fourth-order valence-corrected chi connectivity index (χ4v) is 1.87. The number of carbonyl (C=O) groups is 2. The van der Waals surface area contributed by atoms with E-state index >= 15 is 0 Å². The summed E-state index contributed by atoms with van der Waals surface area (Å²) < 4.78 is 6.73. The number of nitrogens with zero attached hydrogens (tertiary/aromatic N) is 3. The van der Waals surface area contributed by atoms with Crippen LogP contribution in [-0.4, -0.2) is 40.4 Å². The second kappa shape index (κ2) is 6.75. The molecule has 1 amide bonds. The predicted molar refractivity (Wildman–Crippen MR) is 80.2 cm³/mol. The summed E-state index contributed by atoms with van der Waals surface area (Å²) >= 11 is 0. The summed E-state index contributed by atoms with van der Waals surface area (Å²) in [4.78, 5) is 24.3. The van der Waals surface area contributed by atoms with Crippen molar-refractivity contribution in [2.45, 2.75) is 13.5 Å². The number of carboxylic acid groups (broad SMARTS) is 1. The monoisotopic (exact) mass is 303 g/mol. The number of hydrogen-bond donors (Lipinski definition) is 1. The van der Waals surface area contributed by atoms with Crippen LogP contribution in [0, 0.1) is 0 Å². The van der Waals surface area contributed by atoms with Gasteiger partial charge in [0.05, 0.1) is 11.8 Å². The van der Waals surface area contributed by atoms with Gasteiger partial charge in [-0.25, -0.2) is 4.79 Å². The van der Waals surface area contributed by atoms with Gasteiger partial charge in [0.15, 0.2) is 6.61 Å². The van der Waals surface area contributed by atoms with Crippen molar-refractivity contribution in [2.75, 3.05) is 18.6 Å². The average molecular weight is 303 g/mol. The number of aryl methyl sites for hydroxylation is 1. The third-order valence-corrected chi connectivity index (χ3v) is 3.10. The smallest absolute Gasteiger partial charge is 0.341 e. The molecule has 0 unspecified atom stereocenters. The second-order valence-corrected chi connectivity index (χ2v) is 4.63. The van der Waals surface area contributed by atoms with Gasteiger partial charge in [-0.05, 0) is 31.2 Å². The maximum atomic E-state index is 12.3. The normalized spacial score (nSPS) is 10.3. The number of carboxylic acids is 1. The van der Waals surface area contributed by atoms with Crippen molar-refractivity contribution in [3.8, 4) is 5.75 Å². The summed E-state index contributed by atoms with van der Waals surface area (Å²) in [6.07, 6.45) is 3.23. The SMILES string of the molecule is CCn1cc(C(=O)N(C)c2ccc(OCC(=O)O)cc2)cn1. The molecule has 7 heteroatoms. The largest absolute Gasteiger partial charge is 0.482 e. The molecule has 2 rings (SSSR count). The molecule has 7 nitrogen and oxygen atoms in total. The van der Waals surface area contributed by atoms with Gasteiger partial charge < -0.3 is 14.7 Å². The molecular weight excluding hydrogens is 286 g/mol. The van der Waals surface area contributed by atoms with E-state index in [1.54, 1.807) is 42.2 Å². The molecule has 22 heavy (non-hydrogen) atoms. The van der Waals surface area contributed by atoms with Crippen LogP contribution in [0.3, 0.4) is 0 Å². The fourth-order valence-electron chi connectivity index (χ4n) is 1.87. The van der Waals surface area contributed by atoms with E-state index in [2.05, 4.69) is 5.10 Å². The van der Waals surface area contributed by atoms with Gasteiger partial charge in [0.25, 0.3) is 5.91 Å². The van der Waals surface area contributed by atoms with Gasteiger partial charge in [-0.15, -0.1) is 0 Å². The molecule has 1 N–H and O–H groups in total. The van der Waals surface area contributed by atoms with Crippen molar-refractivity contribution in [2.24, 2.45) is 0 Å². The molecule has 0 spiro atoms. The molecule has 1 aromatic heterocycles. The Hall–Kier alpha value is -2.83. The maximum absolute atomic E-state index is 12.3. The molecule has 1 aromatic carbocycles. The number of amides is 1. The zero-order valence-electron chi connectivity index (χ0n) is 12.4. The number of benzene rings is 1. The molecule has 0 saturated heterocycles. The topological polar surface area (TPSA) is 84.7 Å². The Kier molecular flexibility index (Phi) is 4.77. The first-order valence-electron chi connectivity index (χ1n) is 6.76. The van der Waals surface area contributed by atoms with Crippen LogP contribution >= 0.6 is 0 Å². The van der Waals surface area contributed by atoms with Gasteiger partial charge in [0, 0.05) is 25.5 Å². The maximum Gasteiger partial charge on any atom is 0.341 e. The van der Waals surface area contributed by atoms with Gasteiger partial charge >= 0.3 is 5.97 Å². The van der Waals surface area contributed by atoms with Crippen LogP contribution in [0.2, 0.25) is 0 Å². The van der Waals surface area contributed by atoms with Crippen LogP contribution in [0.5, 0.6) is 5.75 Å². The van der Waals surface area contributed by atoms with E-state index in [0.717, 1.165) is 0 Å². The number of rotatable bonds is 6. The van der Waals surface area contributed by atoms with E-state index in [9.17, 15) is 9.59 Å². The predicted octanol–water partition coefficient (Wildman–Crippen LogP) is 1.64. The van der Waals surface area contributed by atoms with Crippen LogP contribution < -0.4 is 9.64 Å². The first-order valence-corrected chi connectivity index (χ1v) is 6.76. The minimum atomic E-state index is -1.04. The summed E-state index contributed by atoms with van der Waals surface area (Å²) in [6.45, 7) is 2.25. The zero-order chi connectivity index (χ0) is 16.1. The Labute approximate surface area is 127 Å². The molecule has 0 bridgehead atoms. The number of carbonyl (C=O) groups excluding carboxylic acids is 1. The first kappa shape index (κ1) is 15.6. The van der Waals surface area contributed by atoms with E-state index in [1.807, 2.05) is 6.92 Å². The summed E-state index contributed by atoms with van der Waals surface area (Å²) in [5.41, 5.74) is 1.19. The van der Waals surface area contributed by atoms with Crippen molar-refractivity contribution < 1.29 is 19.4 Å². The first-order chi connectivity index (χ1) is 10.5. The van der Waals surface area contributed by atoms with Crippen LogP contribution in [0.1, 0.15) is 17.3 Å². The van der Waals surface area contributed by atoms with Crippen molar-refractivity contribution >= 4 is 17.6 Å². The lowest BCUT2D eigenvalue weighted by Crippen LogP contribution is -2.25. The third kappa shape index (κ3) is 3.63. The van der Waals surface area contributed by atoms with Crippen molar-refractivity contribution in [1.29, 1.82) is 0 Å². The van der Waals surface area contributed by atoms with Crippen LogP contribution in [0.25, 0.3) is 0 Å². The zero-order valence-corrected chi connectivity index (χ0v) is 12.4. The Morgan fingerprint density at radius 1 is 1.32 bits per heavy atom. The van der Waals surface area contributed by atoms with Gasteiger partial charge in [0.2, 0.25) is 0 Å². The van der Waals surface area contributed by atoms with Gasteiger partial charge in [-0.2, -0.15) is 5.10 Å². The Balaban J connectivity index is 2.06. The van der Waals surface area contributed by atoms with E-state index in [0.29, 0.717) is 23.5 Å². The molecule has 0 aliphatic heterocycles. The van der Waals surface area contributed by atoms with Crippen LogP contribution in [0.4, 0.5) is 5.69 Å². The Morgan fingerprint density at radius 3 is 2.55 bits per heavy atom. The van der Waals surface area contributed by atoms with Crippen LogP contribution in [-0.2, 0) is 11.3 Å². The minimum absolute atomic E-state index is 0.168. The summed E-state index contributed by atoms with van der Waals surface area (Å²) in [5.74, 6) is -0.769. The second-order valence-electron chi connectivity index (χ2n) is 4.63. The third-order valence-electron chi connectivity index (χ3n) is 3.10. The summed E-state index contributed by atoms with van der Waals surface area (Å²) in [7, 11) is 1.67. The molecule has 1 heterocycles. The van der Waals surface area contributed by atoms with Crippen LogP contribution in [0.15, 0.2) is 36.7 Å². The Bertz CT molecular complexity index is 664. The minimum Gasteiger partial charge on any atom is -0.482 e. The van der Waals surface area contributed by atoms with Crippen molar-refractivity contribution in [3.05, 3.63) is 42.2 Å². The standard InChI is InChI=1S/C15H17N3O4/c1-3-18-9-11(8-16-18)15(21)17(2)12-4-6-13(7-5-12)22-10-14(19)20/h4-9H,3,10H2,1-2H3,(H,19,20). The summed E-state index contributed by atoms with van der Waals surface area (Å²) in [6, 6.07) is 6.63. The molecule has 0 saturated carbocycles. The molecule has 2 aromatic rings. The highest BCUT2D eigenvalue weighted by molar-refractivity contribution is 6.05. The molecular formula is C15H17N3O4. The molecule has 0 fully saturated rings. The van der Waals surface area contributed by atoms with Crippen molar-refractivity contribution in [3.63, 3.8) is 0 Å². The van der Waals surface area contributed by atoms with E-state index in [4.69, 9.17) is 9.84 Å². The molecule has 0 aliphatic rings.